The maximum Gasteiger partial charge on any atom is 0.101 e. The number of aliphatic hydroxyl groups excluding tert-OH is 2. The largest absolute Gasteiger partial charge is 0.390 e. The van der Waals surface area contributed by atoms with Gasteiger partial charge in [0.2, 0.25) is 0 Å². The minimum Gasteiger partial charge on any atom is -0.390 e. The molecule has 0 aromatic rings. The lowest BCUT2D eigenvalue weighted by Gasteiger charge is -2.59. The number of hydrogen-bond donors (Lipinski definition) is 2. The molecule has 9 atom stereocenters. The van der Waals surface area contributed by atoms with E-state index in [1.54, 1.807) is 0 Å². The summed E-state index contributed by atoms with van der Waals surface area (Å²) >= 11 is 0. The summed E-state index contributed by atoms with van der Waals surface area (Å²) in [5, 5.41) is 20.9. The Morgan fingerprint density at radius 3 is 2.21 bits per heavy atom. The Balaban J connectivity index is 0. The summed E-state index contributed by atoms with van der Waals surface area (Å²) in [4.78, 5) is 0. The molecule has 0 spiro atoms. The molecule has 0 aromatic carbocycles. The molecule has 4 aliphatic rings. The van der Waals surface area contributed by atoms with Gasteiger partial charge in [0.1, 0.15) is 6.10 Å². The maximum atomic E-state index is 10.7. The van der Waals surface area contributed by atoms with E-state index in [1.165, 1.54) is 56.9 Å². The summed E-state index contributed by atoms with van der Waals surface area (Å²) in [6, 6.07) is 0. The predicted molar refractivity (Wildman–Crippen MR) is 154 cm³/mol. The Hall–Kier alpha value is -0.340. The zero-order valence-corrected chi connectivity index (χ0v) is 24.4. The summed E-state index contributed by atoms with van der Waals surface area (Å²) in [5.74, 6) is 4.95. The number of rotatable bonds is 5. The van der Waals surface area contributed by atoms with E-state index in [1.807, 2.05) is 13.8 Å². The molecule has 2 nitrogen and oxygen atoms in total. The number of fused-ring (bicyclic) bond motifs is 5. The van der Waals surface area contributed by atoms with E-state index < -0.39 is 12.2 Å². The summed E-state index contributed by atoms with van der Waals surface area (Å²) < 4.78 is 0. The quantitative estimate of drug-likeness (QED) is 0.383. The first-order chi connectivity index (χ1) is 16.1. The van der Waals surface area contributed by atoms with Crippen LogP contribution in [0.3, 0.4) is 0 Å². The average molecular weight is 483 g/mol. The minimum absolute atomic E-state index is 0. The fourth-order valence-electron chi connectivity index (χ4n) is 8.74. The molecule has 3 saturated carbocycles. The van der Waals surface area contributed by atoms with Gasteiger partial charge in [0.05, 0.1) is 6.10 Å². The first kappa shape index (κ1) is 29.9. The smallest absolute Gasteiger partial charge is 0.101 e. The Morgan fingerprint density at radius 2 is 1.59 bits per heavy atom. The SMILES string of the molecule is CC.CC(C)CCC[C@@H](C)C1CCC2[C@@H]3CC=C4[C@@H](O)[C@@H](O)CC[C@]4(C)C3CC[C@@]21C.CCC.[HH].[HH].[HH]. The van der Waals surface area contributed by atoms with Crippen molar-refractivity contribution in [3.8, 4) is 0 Å². The van der Waals surface area contributed by atoms with Crippen molar-refractivity contribution in [3.63, 3.8) is 0 Å². The van der Waals surface area contributed by atoms with Gasteiger partial charge in [0.15, 0.2) is 0 Å². The summed E-state index contributed by atoms with van der Waals surface area (Å²) in [5.41, 5.74) is 1.81. The molecule has 3 fully saturated rings. The molecule has 206 valence electrons. The highest BCUT2D eigenvalue weighted by atomic mass is 16.3. The molecule has 0 aromatic heterocycles. The maximum absolute atomic E-state index is 10.7. The van der Waals surface area contributed by atoms with E-state index in [-0.39, 0.29) is 9.69 Å². The van der Waals surface area contributed by atoms with Crippen LogP contribution in [0.2, 0.25) is 0 Å². The normalized spacial score (nSPS) is 41.6. The van der Waals surface area contributed by atoms with Gasteiger partial charge in [-0.25, -0.2) is 0 Å². The van der Waals surface area contributed by atoms with E-state index in [4.69, 9.17) is 0 Å². The van der Waals surface area contributed by atoms with Crippen LogP contribution in [0.5, 0.6) is 0 Å². The third-order valence-electron chi connectivity index (χ3n) is 10.4. The lowest BCUT2D eigenvalue weighted by atomic mass is 9.46. The molecule has 0 saturated heterocycles. The summed E-state index contributed by atoms with van der Waals surface area (Å²) in [6.07, 6.45) is 15.1. The highest BCUT2D eigenvalue weighted by Crippen LogP contribution is 2.67. The number of aliphatic hydroxyl groups is 2. The zero-order valence-electron chi connectivity index (χ0n) is 24.4. The van der Waals surface area contributed by atoms with Crippen LogP contribution < -0.4 is 0 Å². The van der Waals surface area contributed by atoms with Crippen molar-refractivity contribution in [1.82, 2.24) is 0 Å². The second-order valence-corrected chi connectivity index (χ2v) is 13.0. The number of hydrogen-bond acceptors (Lipinski definition) is 2. The standard InChI is InChI=1S/C27H46O2.C3H8.C2H6.3H2/c1-17(2)7-6-8-18(3)20-11-12-21-19-9-10-23-25(29)24(28)14-16-27(23,5)22(19)13-15-26(20,21)4;1-3-2;1-2;;;/h10,17-22,24-25,28-29H,6-9,11-16H2,1-5H3;3H2,1-2H3;1-2H3;3*1H/t18-,19+,20?,21?,22?,24+,25-,26-,27-;;;;;/m1...../s1. The van der Waals surface area contributed by atoms with Crippen molar-refractivity contribution < 1.29 is 14.5 Å². The molecule has 0 aliphatic heterocycles. The van der Waals surface area contributed by atoms with E-state index in [9.17, 15) is 10.2 Å². The van der Waals surface area contributed by atoms with Gasteiger partial charge in [-0.15, -0.1) is 0 Å². The second-order valence-electron chi connectivity index (χ2n) is 13.0. The lowest BCUT2D eigenvalue weighted by Crippen LogP contribution is -2.53. The zero-order chi connectivity index (χ0) is 25.7. The van der Waals surface area contributed by atoms with Crippen LogP contribution in [0.25, 0.3) is 0 Å². The molecule has 0 heterocycles. The fraction of sp³-hybridized carbons (Fsp3) is 0.938. The predicted octanol–water partition coefficient (Wildman–Crippen LogP) is 9.54. The van der Waals surface area contributed by atoms with Gasteiger partial charge in [0.25, 0.3) is 0 Å². The van der Waals surface area contributed by atoms with Gasteiger partial charge in [-0.1, -0.05) is 94.1 Å². The van der Waals surface area contributed by atoms with Crippen molar-refractivity contribution in [2.45, 2.75) is 145 Å². The third-order valence-corrected chi connectivity index (χ3v) is 10.4. The highest BCUT2D eigenvalue weighted by Gasteiger charge is 2.60. The second kappa shape index (κ2) is 12.8. The van der Waals surface area contributed by atoms with Crippen molar-refractivity contribution in [2.75, 3.05) is 0 Å². The van der Waals surface area contributed by atoms with Crippen LogP contribution >= 0.6 is 0 Å². The van der Waals surface area contributed by atoms with Crippen LogP contribution in [-0.2, 0) is 0 Å². The molecular weight excluding hydrogens is 416 g/mol. The Kier molecular flexibility index (Phi) is 11.2. The third kappa shape index (κ3) is 5.80. The highest BCUT2D eigenvalue weighted by molar-refractivity contribution is 5.29. The summed E-state index contributed by atoms with van der Waals surface area (Å²) in [6.45, 7) is 20.6. The molecule has 2 heteroatoms. The van der Waals surface area contributed by atoms with Crippen molar-refractivity contribution in [1.29, 1.82) is 0 Å². The molecule has 0 bridgehead atoms. The molecule has 3 unspecified atom stereocenters. The number of allylic oxidation sites excluding steroid dienone is 1. The van der Waals surface area contributed by atoms with Crippen LogP contribution in [-0.4, -0.2) is 22.4 Å². The van der Waals surface area contributed by atoms with E-state index in [0.717, 1.165) is 48.9 Å². The van der Waals surface area contributed by atoms with Gasteiger partial charge in [-0.2, -0.15) is 0 Å². The molecular formula is C32H66O2. The van der Waals surface area contributed by atoms with Crippen LogP contribution in [0.15, 0.2) is 11.6 Å². The van der Waals surface area contributed by atoms with Gasteiger partial charge in [-0.3, -0.25) is 0 Å². The van der Waals surface area contributed by atoms with Crippen molar-refractivity contribution in [2.24, 2.45) is 46.3 Å². The Labute approximate surface area is 217 Å². The van der Waals surface area contributed by atoms with Crippen LogP contribution in [0.1, 0.15) is 137 Å². The van der Waals surface area contributed by atoms with Gasteiger partial charge in [-0.05, 0) is 96.9 Å². The van der Waals surface area contributed by atoms with E-state index in [0.29, 0.717) is 11.3 Å². The van der Waals surface area contributed by atoms with E-state index >= 15 is 0 Å². The van der Waals surface area contributed by atoms with Crippen LogP contribution in [0, 0.1) is 46.3 Å². The fourth-order valence-corrected chi connectivity index (χ4v) is 8.74. The van der Waals surface area contributed by atoms with Gasteiger partial charge < -0.3 is 10.2 Å². The topological polar surface area (TPSA) is 40.5 Å². The van der Waals surface area contributed by atoms with E-state index in [2.05, 4.69) is 54.5 Å². The average Bonchev–Trinajstić information content (AvgIpc) is 3.15. The molecule has 34 heavy (non-hydrogen) atoms. The molecule has 2 N–H and O–H groups in total. The monoisotopic (exact) mass is 483 g/mol. The van der Waals surface area contributed by atoms with Crippen LogP contribution in [0.4, 0.5) is 0 Å². The summed E-state index contributed by atoms with van der Waals surface area (Å²) in [7, 11) is 0. The van der Waals surface area contributed by atoms with Crippen molar-refractivity contribution in [3.05, 3.63) is 11.6 Å². The minimum atomic E-state index is -0.625. The molecule has 0 amide bonds. The molecule has 4 aliphatic carbocycles. The molecule has 4 rings (SSSR count). The van der Waals surface area contributed by atoms with Gasteiger partial charge >= 0.3 is 0 Å². The van der Waals surface area contributed by atoms with Crippen molar-refractivity contribution >= 4 is 0 Å². The Morgan fingerprint density at radius 1 is 0.941 bits per heavy atom. The Bertz CT molecular complexity index is 654. The lowest BCUT2D eigenvalue weighted by molar-refractivity contribution is -0.0801. The van der Waals surface area contributed by atoms with Gasteiger partial charge in [0, 0.05) is 4.28 Å². The first-order valence-electron chi connectivity index (χ1n) is 15.2. The molecule has 0 radical (unpaired) electrons. The first-order valence-corrected chi connectivity index (χ1v) is 15.2.